The van der Waals surface area contributed by atoms with Gasteiger partial charge in [0.15, 0.2) is 5.78 Å². The quantitative estimate of drug-likeness (QED) is 0.374. The van der Waals surface area contributed by atoms with Crippen molar-refractivity contribution in [1.29, 1.82) is 0 Å². The monoisotopic (exact) mass is 512 g/mol. The molecule has 8 heteroatoms. The van der Waals surface area contributed by atoms with Gasteiger partial charge in [0.1, 0.15) is 16.7 Å². The molecule has 0 saturated carbocycles. The third-order valence-electron chi connectivity index (χ3n) is 6.55. The van der Waals surface area contributed by atoms with E-state index >= 15 is 0 Å². The average Bonchev–Trinajstić information content (AvgIpc) is 3.26. The molecule has 2 aromatic heterocycles. The summed E-state index contributed by atoms with van der Waals surface area (Å²) in [5, 5.41) is 0. The second-order valence-corrected chi connectivity index (χ2v) is 12.5. The molecule has 1 aromatic carbocycles. The lowest BCUT2D eigenvalue weighted by molar-refractivity contribution is 0.102. The summed E-state index contributed by atoms with van der Waals surface area (Å²) in [6.45, 7) is 10.5. The van der Waals surface area contributed by atoms with Gasteiger partial charge < -0.3 is 4.74 Å². The Bertz CT molecular complexity index is 1330. The summed E-state index contributed by atoms with van der Waals surface area (Å²) in [5.41, 5.74) is 3.11. The molecule has 186 valence electrons. The number of benzene rings is 1. The van der Waals surface area contributed by atoms with Gasteiger partial charge >= 0.3 is 0 Å². The first-order chi connectivity index (χ1) is 16.6. The highest BCUT2D eigenvalue weighted by molar-refractivity contribution is 7.89. The number of Topliss-reactive ketones (excluding diaryl/α,β-unsaturated/α-hetero) is 1. The number of carbonyl (C=O) groups excluding carboxylic acids is 1. The van der Waals surface area contributed by atoms with Crippen LogP contribution in [-0.4, -0.2) is 36.1 Å². The van der Waals surface area contributed by atoms with Gasteiger partial charge in [-0.15, -0.1) is 11.3 Å². The maximum atomic E-state index is 13.6. The molecule has 0 fully saturated rings. The van der Waals surface area contributed by atoms with Crippen LogP contribution in [0.5, 0.6) is 5.75 Å². The van der Waals surface area contributed by atoms with Crippen LogP contribution in [-0.2, 0) is 16.6 Å². The topological polar surface area (TPSA) is 76.6 Å². The largest absolute Gasteiger partial charge is 0.488 e. The van der Waals surface area contributed by atoms with Crippen LogP contribution >= 0.6 is 11.3 Å². The number of pyridine rings is 1. The third-order valence-corrected chi connectivity index (χ3v) is 9.64. The summed E-state index contributed by atoms with van der Waals surface area (Å²) in [5.74, 6) is 0.854. The van der Waals surface area contributed by atoms with Gasteiger partial charge in [0.2, 0.25) is 10.0 Å². The van der Waals surface area contributed by atoms with Gasteiger partial charge in [-0.25, -0.2) is 8.42 Å². The Labute approximate surface area is 212 Å². The van der Waals surface area contributed by atoms with Crippen LogP contribution in [0.25, 0.3) is 0 Å². The van der Waals surface area contributed by atoms with Crippen molar-refractivity contribution in [3.05, 3.63) is 75.2 Å². The zero-order valence-corrected chi connectivity index (χ0v) is 22.4. The Morgan fingerprint density at radius 2 is 2.00 bits per heavy atom. The number of fused-ring (bicyclic) bond motifs is 1. The molecule has 2 atom stereocenters. The molecular weight excluding hydrogens is 480 g/mol. The summed E-state index contributed by atoms with van der Waals surface area (Å²) >= 11 is 1.54. The molecule has 3 aromatic rings. The van der Waals surface area contributed by atoms with Crippen molar-refractivity contribution in [2.24, 2.45) is 5.92 Å². The van der Waals surface area contributed by atoms with E-state index in [1.54, 1.807) is 19.2 Å². The van der Waals surface area contributed by atoms with E-state index in [2.05, 4.69) is 37.0 Å². The zero-order valence-electron chi connectivity index (χ0n) is 20.8. The number of nitrogens with zero attached hydrogens (tertiary/aromatic N) is 2. The molecule has 1 aliphatic heterocycles. The van der Waals surface area contributed by atoms with E-state index in [1.165, 1.54) is 21.8 Å². The first-order valence-corrected chi connectivity index (χ1v) is 14.2. The lowest BCUT2D eigenvalue weighted by atomic mass is 9.85. The molecule has 0 unspecified atom stereocenters. The standard InChI is InChI=1S/C27H32N2O4S2/c1-6-22-16-29(35(31,32)26-14-28-12-11-23(26)33-22)15-21-13-20(8-7-18(21)4)27(17(2)3)25-10-9-24(34-25)19(5)30/h7-14,17,22,27H,6,15-16H2,1-5H3/t22-,27-/m1/s1. The van der Waals surface area contributed by atoms with E-state index in [-0.39, 0.29) is 35.8 Å². The van der Waals surface area contributed by atoms with Crippen molar-refractivity contribution in [2.75, 3.05) is 6.54 Å². The predicted octanol–water partition coefficient (Wildman–Crippen LogP) is 5.80. The molecule has 0 aliphatic carbocycles. The molecular formula is C27H32N2O4S2. The minimum absolute atomic E-state index is 0.0715. The summed E-state index contributed by atoms with van der Waals surface area (Å²) in [7, 11) is -3.77. The van der Waals surface area contributed by atoms with Crippen molar-refractivity contribution < 1.29 is 17.9 Å². The number of aryl methyl sites for hydroxylation is 1. The summed E-state index contributed by atoms with van der Waals surface area (Å²) in [6, 6.07) is 11.9. The molecule has 0 saturated heterocycles. The molecule has 3 heterocycles. The van der Waals surface area contributed by atoms with Crippen molar-refractivity contribution in [3.63, 3.8) is 0 Å². The van der Waals surface area contributed by atoms with Gasteiger partial charge in [0, 0.05) is 23.5 Å². The van der Waals surface area contributed by atoms with Crippen molar-refractivity contribution >= 4 is 27.1 Å². The van der Waals surface area contributed by atoms with Gasteiger partial charge in [-0.3, -0.25) is 9.78 Å². The maximum Gasteiger partial charge on any atom is 0.248 e. The highest BCUT2D eigenvalue weighted by Gasteiger charge is 2.35. The number of ether oxygens (including phenoxy) is 1. The van der Waals surface area contributed by atoms with Gasteiger partial charge in [-0.2, -0.15) is 4.31 Å². The van der Waals surface area contributed by atoms with Crippen LogP contribution in [0.2, 0.25) is 0 Å². The fourth-order valence-electron chi connectivity index (χ4n) is 4.53. The molecule has 6 nitrogen and oxygen atoms in total. The molecule has 0 bridgehead atoms. The average molecular weight is 513 g/mol. The predicted molar refractivity (Wildman–Crippen MR) is 139 cm³/mol. The van der Waals surface area contributed by atoms with Crippen LogP contribution < -0.4 is 4.74 Å². The zero-order chi connectivity index (χ0) is 25.3. The smallest absolute Gasteiger partial charge is 0.248 e. The molecule has 4 rings (SSSR count). The summed E-state index contributed by atoms with van der Waals surface area (Å²) < 4.78 is 34.7. The summed E-state index contributed by atoms with van der Waals surface area (Å²) in [6.07, 6.45) is 3.38. The number of carbonyl (C=O) groups is 1. The third kappa shape index (κ3) is 5.20. The second-order valence-electron chi connectivity index (χ2n) is 9.43. The molecule has 35 heavy (non-hydrogen) atoms. The van der Waals surface area contributed by atoms with Gasteiger partial charge in [0.05, 0.1) is 17.6 Å². The number of rotatable bonds is 7. The highest BCUT2D eigenvalue weighted by atomic mass is 32.2. The van der Waals surface area contributed by atoms with Gasteiger partial charge in [-0.05, 0) is 61.1 Å². The Balaban J connectivity index is 1.72. The second kappa shape index (κ2) is 10.2. The minimum Gasteiger partial charge on any atom is -0.488 e. The van der Waals surface area contributed by atoms with Crippen LogP contribution in [0, 0.1) is 12.8 Å². The first-order valence-electron chi connectivity index (χ1n) is 11.9. The molecule has 0 radical (unpaired) electrons. The van der Waals surface area contributed by atoms with Crippen molar-refractivity contribution in [3.8, 4) is 5.75 Å². The Kier molecular flexibility index (Phi) is 7.45. The van der Waals surface area contributed by atoms with Gasteiger partial charge in [-0.1, -0.05) is 39.0 Å². The van der Waals surface area contributed by atoms with Gasteiger partial charge in [0.25, 0.3) is 0 Å². The van der Waals surface area contributed by atoms with Crippen LogP contribution in [0.4, 0.5) is 0 Å². The van der Waals surface area contributed by atoms with E-state index in [4.69, 9.17) is 4.74 Å². The lowest BCUT2D eigenvalue weighted by Gasteiger charge is -2.25. The Hall–Kier alpha value is -2.55. The highest BCUT2D eigenvalue weighted by Crippen LogP contribution is 2.38. The van der Waals surface area contributed by atoms with E-state index in [0.29, 0.717) is 18.1 Å². The van der Waals surface area contributed by atoms with Crippen LogP contribution in [0.1, 0.15) is 71.3 Å². The van der Waals surface area contributed by atoms with Crippen LogP contribution in [0.3, 0.4) is 0 Å². The fraction of sp³-hybridized carbons (Fsp3) is 0.407. The molecule has 0 amide bonds. The lowest BCUT2D eigenvalue weighted by Crippen LogP contribution is -2.36. The first kappa shape index (κ1) is 25.5. The summed E-state index contributed by atoms with van der Waals surface area (Å²) in [4.78, 5) is 17.9. The maximum absolute atomic E-state index is 13.6. The van der Waals surface area contributed by atoms with Crippen molar-refractivity contribution in [1.82, 2.24) is 9.29 Å². The van der Waals surface area contributed by atoms with E-state index < -0.39 is 10.0 Å². The number of hydrogen-bond acceptors (Lipinski definition) is 6. The molecule has 0 spiro atoms. The molecule has 0 N–H and O–H groups in total. The number of aromatic nitrogens is 1. The number of ketones is 1. The Morgan fingerprint density at radius 3 is 2.66 bits per heavy atom. The number of sulfonamides is 1. The fourth-order valence-corrected chi connectivity index (χ4v) is 7.25. The van der Waals surface area contributed by atoms with Crippen LogP contribution in [0.15, 0.2) is 53.7 Å². The van der Waals surface area contributed by atoms with E-state index in [9.17, 15) is 13.2 Å². The number of hydrogen-bond donors (Lipinski definition) is 0. The minimum atomic E-state index is -3.77. The SMILES string of the molecule is CC[C@@H]1CN(Cc2cc([C@H](c3ccc(C(C)=O)s3)C(C)C)ccc2C)S(=O)(=O)c2cnccc2O1. The molecule has 1 aliphatic rings. The van der Waals surface area contributed by atoms with Crippen molar-refractivity contribution in [2.45, 2.75) is 64.5 Å². The van der Waals surface area contributed by atoms with E-state index in [1.807, 2.05) is 26.0 Å². The van der Waals surface area contributed by atoms with E-state index in [0.717, 1.165) is 26.4 Å². The number of thiophene rings is 1. The Morgan fingerprint density at radius 1 is 1.23 bits per heavy atom. The normalized spacial score (nSPS) is 18.5.